The van der Waals surface area contributed by atoms with E-state index in [1.807, 2.05) is 59.3 Å². The van der Waals surface area contributed by atoms with Crippen molar-refractivity contribution >= 4 is 57.3 Å². The molecule has 3 aromatic carbocycles. The maximum absolute atomic E-state index is 13.0. The number of piperidine rings is 1. The Morgan fingerprint density at radius 2 is 1.90 bits per heavy atom. The van der Waals surface area contributed by atoms with Gasteiger partial charge in [-0.25, -0.2) is 10.4 Å². The molecule has 1 amide bonds. The van der Waals surface area contributed by atoms with Gasteiger partial charge in [0.25, 0.3) is 5.91 Å². The molecule has 204 valence electrons. The summed E-state index contributed by atoms with van der Waals surface area (Å²) in [5.74, 6) is 1.61. The van der Waals surface area contributed by atoms with E-state index in [0.29, 0.717) is 16.7 Å². The molecular weight excluding hydrogens is 547 g/mol. The van der Waals surface area contributed by atoms with Gasteiger partial charge in [0.05, 0.1) is 27.3 Å². The first-order chi connectivity index (χ1) is 19.5. The van der Waals surface area contributed by atoms with Crippen LogP contribution in [0.25, 0.3) is 21.9 Å². The molecule has 1 fully saturated rings. The molecule has 1 aliphatic heterocycles. The Bertz CT molecular complexity index is 1690. The molecule has 1 aliphatic rings. The van der Waals surface area contributed by atoms with Gasteiger partial charge in [0, 0.05) is 28.6 Å². The van der Waals surface area contributed by atoms with E-state index in [9.17, 15) is 4.79 Å². The van der Waals surface area contributed by atoms with Crippen molar-refractivity contribution in [3.63, 3.8) is 0 Å². The number of hydrogen-bond acceptors (Lipinski definition) is 5. The Morgan fingerprint density at radius 3 is 2.73 bits per heavy atom. The average Bonchev–Trinajstić information content (AvgIpc) is 3.54. The number of carbonyl (C=O) groups excluding carboxylic acids is 1. The number of nitrogens with one attached hydrogen (secondary N) is 3. The summed E-state index contributed by atoms with van der Waals surface area (Å²) in [6.07, 6.45) is 5.38. The number of halogens is 2. The SMILES string of the molecule is O=C(Cn1c(C2CCNCC2)nc2cc(Cl)c(Cl)cc21)N/N=C/c1c[nH]c2ccc(OCc3ccccc3)cc12. The van der Waals surface area contributed by atoms with Gasteiger partial charge in [-0.15, -0.1) is 0 Å². The second kappa shape index (κ2) is 11.7. The Morgan fingerprint density at radius 1 is 1.10 bits per heavy atom. The largest absolute Gasteiger partial charge is 0.489 e. The van der Waals surface area contributed by atoms with Gasteiger partial charge in [0.1, 0.15) is 24.7 Å². The maximum Gasteiger partial charge on any atom is 0.260 e. The van der Waals surface area contributed by atoms with Crippen LogP contribution in [0.3, 0.4) is 0 Å². The van der Waals surface area contributed by atoms with Crippen LogP contribution in [0.4, 0.5) is 0 Å². The molecule has 3 N–H and O–H groups in total. The number of benzene rings is 3. The number of rotatable bonds is 8. The van der Waals surface area contributed by atoms with Gasteiger partial charge in [-0.1, -0.05) is 53.5 Å². The predicted octanol–water partition coefficient (Wildman–Crippen LogP) is 6.02. The summed E-state index contributed by atoms with van der Waals surface area (Å²) in [6, 6.07) is 19.4. The van der Waals surface area contributed by atoms with Crippen molar-refractivity contribution in [3.8, 4) is 5.75 Å². The van der Waals surface area contributed by atoms with E-state index in [0.717, 1.165) is 70.6 Å². The first kappa shape index (κ1) is 26.4. The molecule has 2 aromatic heterocycles. The van der Waals surface area contributed by atoms with Gasteiger partial charge < -0.3 is 19.6 Å². The highest BCUT2D eigenvalue weighted by molar-refractivity contribution is 6.42. The predicted molar refractivity (Wildman–Crippen MR) is 159 cm³/mol. The molecule has 0 spiro atoms. The van der Waals surface area contributed by atoms with Crippen molar-refractivity contribution in [1.29, 1.82) is 0 Å². The fourth-order valence-corrected chi connectivity index (χ4v) is 5.42. The minimum absolute atomic E-state index is 0.0659. The Labute approximate surface area is 241 Å². The van der Waals surface area contributed by atoms with Crippen LogP contribution in [-0.2, 0) is 17.9 Å². The molecule has 3 heterocycles. The highest BCUT2D eigenvalue weighted by Gasteiger charge is 2.24. The number of nitrogens with zero attached hydrogens (tertiary/aromatic N) is 3. The van der Waals surface area contributed by atoms with E-state index in [4.69, 9.17) is 32.9 Å². The number of aromatic nitrogens is 3. The number of ether oxygens (including phenoxy) is 1. The van der Waals surface area contributed by atoms with Crippen molar-refractivity contribution in [1.82, 2.24) is 25.3 Å². The summed E-state index contributed by atoms with van der Waals surface area (Å²) >= 11 is 12.6. The van der Waals surface area contributed by atoms with Gasteiger partial charge in [-0.2, -0.15) is 5.10 Å². The zero-order valence-corrected chi connectivity index (χ0v) is 23.2. The summed E-state index contributed by atoms with van der Waals surface area (Å²) in [7, 11) is 0. The van der Waals surface area contributed by atoms with Crippen molar-refractivity contribution in [3.05, 3.63) is 93.9 Å². The third-order valence-electron chi connectivity index (χ3n) is 7.15. The van der Waals surface area contributed by atoms with Crippen LogP contribution >= 0.6 is 23.2 Å². The van der Waals surface area contributed by atoms with E-state index < -0.39 is 0 Å². The zero-order chi connectivity index (χ0) is 27.5. The molecular formula is C30H28Cl2N6O2. The lowest BCUT2D eigenvalue weighted by molar-refractivity contribution is -0.121. The maximum atomic E-state index is 13.0. The Balaban J connectivity index is 1.17. The van der Waals surface area contributed by atoms with Crippen LogP contribution < -0.4 is 15.5 Å². The van der Waals surface area contributed by atoms with Crippen LogP contribution in [0.5, 0.6) is 5.75 Å². The Kier molecular flexibility index (Phi) is 7.73. The third-order valence-corrected chi connectivity index (χ3v) is 7.87. The Hall–Kier alpha value is -3.85. The van der Waals surface area contributed by atoms with Crippen molar-refractivity contribution in [2.75, 3.05) is 13.1 Å². The summed E-state index contributed by atoms with van der Waals surface area (Å²) in [4.78, 5) is 21.1. The third kappa shape index (κ3) is 5.70. The van der Waals surface area contributed by atoms with Crippen molar-refractivity contribution in [2.24, 2.45) is 5.10 Å². The first-order valence-corrected chi connectivity index (χ1v) is 14.0. The first-order valence-electron chi connectivity index (χ1n) is 13.2. The van der Waals surface area contributed by atoms with Gasteiger partial charge in [0.2, 0.25) is 0 Å². The van der Waals surface area contributed by atoms with Crippen LogP contribution in [0.15, 0.2) is 72.0 Å². The number of H-pyrrole nitrogens is 1. The molecule has 8 nitrogen and oxygen atoms in total. The molecule has 0 saturated carbocycles. The van der Waals surface area contributed by atoms with E-state index in [2.05, 4.69) is 20.8 Å². The highest BCUT2D eigenvalue weighted by atomic mass is 35.5. The zero-order valence-electron chi connectivity index (χ0n) is 21.7. The molecule has 5 aromatic rings. The van der Waals surface area contributed by atoms with E-state index in [-0.39, 0.29) is 18.4 Å². The molecule has 0 unspecified atom stereocenters. The minimum Gasteiger partial charge on any atom is -0.489 e. The molecule has 0 atom stereocenters. The van der Waals surface area contributed by atoms with E-state index in [1.165, 1.54) is 0 Å². The lowest BCUT2D eigenvalue weighted by Crippen LogP contribution is -2.30. The normalized spacial score (nSPS) is 14.3. The van der Waals surface area contributed by atoms with Crippen LogP contribution in [0.2, 0.25) is 10.0 Å². The van der Waals surface area contributed by atoms with Crippen LogP contribution in [-0.4, -0.2) is 39.7 Å². The summed E-state index contributed by atoms with van der Waals surface area (Å²) < 4.78 is 7.91. The number of fused-ring (bicyclic) bond motifs is 2. The fourth-order valence-electron chi connectivity index (χ4n) is 5.11. The molecule has 6 rings (SSSR count). The van der Waals surface area contributed by atoms with E-state index >= 15 is 0 Å². The molecule has 0 radical (unpaired) electrons. The monoisotopic (exact) mass is 574 g/mol. The smallest absolute Gasteiger partial charge is 0.260 e. The highest BCUT2D eigenvalue weighted by Crippen LogP contribution is 2.32. The molecule has 40 heavy (non-hydrogen) atoms. The number of hydrogen-bond donors (Lipinski definition) is 3. The van der Waals surface area contributed by atoms with E-state index in [1.54, 1.807) is 18.3 Å². The second-order valence-electron chi connectivity index (χ2n) is 9.85. The van der Waals surface area contributed by atoms with Crippen molar-refractivity contribution in [2.45, 2.75) is 31.9 Å². The minimum atomic E-state index is -0.261. The topological polar surface area (TPSA) is 96.3 Å². The number of amides is 1. The van der Waals surface area contributed by atoms with Gasteiger partial charge in [-0.3, -0.25) is 4.79 Å². The number of aromatic amines is 1. The molecule has 1 saturated heterocycles. The molecule has 0 bridgehead atoms. The van der Waals surface area contributed by atoms with Crippen LogP contribution in [0, 0.1) is 0 Å². The fraction of sp³-hybridized carbons (Fsp3) is 0.233. The van der Waals surface area contributed by atoms with Crippen molar-refractivity contribution < 1.29 is 9.53 Å². The number of carbonyl (C=O) groups is 1. The number of hydrazone groups is 1. The molecule has 10 heteroatoms. The lowest BCUT2D eigenvalue weighted by atomic mass is 9.97. The molecule has 0 aliphatic carbocycles. The van der Waals surface area contributed by atoms with Gasteiger partial charge in [0.15, 0.2) is 0 Å². The standard InChI is InChI=1S/C30H28Cl2N6O2/c31-24-13-27-28(14-25(24)32)38(30(36-27)20-8-10-33-11-9-20)17-29(39)37-35-16-21-15-34-26-7-6-22(12-23(21)26)40-18-19-4-2-1-3-5-19/h1-7,12-16,20,33-34H,8-11,17-18H2,(H,37,39)/b35-16+. The number of imidazole rings is 1. The summed E-state index contributed by atoms with van der Waals surface area (Å²) in [6.45, 7) is 2.37. The van der Waals surface area contributed by atoms with Gasteiger partial charge in [-0.05, 0) is 61.8 Å². The lowest BCUT2D eigenvalue weighted by Gasteiger charge is -2.23. The van der Waals surface area contributed by atoms with Crippen LogP contribution in [0.1, 0.15) is 35.7 Å². The summed E-state index contributed by atoms with van der Waals surface area (Å²) in [5.41, 5.74) is 7.06. The quantitative estimate of drug-likeness (QED) is 0.156. The summed E-state index contributed by atoms with van der Waals surface area (Å²) in [5, 5.41) is 9.44. The second-order valence-corrected chi connectivity index (χ2v) is 10.7. The average molecular weight is 576 g/mol. The van der Waals surface area contributed by atoms with Gasteiger partial charge >= 0.3 is 0 Å².